The lowest BCUT2D eigenvalue weighted by Gasteiger charge is -2.07. The zero-order chi connectivity index (χ0) is 16.7. The molecule has 0 radical (unpaired) electrons. The van der Waals surface area contributed by atoms with Crippen LogP contribution in [0.2, 0.25) is 0 Å². The molecule has 0 aliphatic rings. The summed E-state index contributed by atoms with van der Waals surface area (Å²) >= 11 is 0. The molecule has 0 bridgehead atoms. The molecule has 0 aromatic heterocycles. The van der Waals surface area contributed by atoms with Gasteiger partial charge in [0.05, 0.1) is 25.9 Å². The van der Waals surface area contributed by atoms with Crippen molar-refractivity contribution < 1.29 is 19.0 Å². The fourth-order valence-electron chi connectivity index (χ4n) is 1.87. The van der Waals surface area contributed by atoms with Gasteiger partial charge in [-0.25, -0.2) is 4.79 Å². The van der Waals surface area contributed by atoms with Crippen LogP contribution in [0.3, 0.4) is 0 Å². The van der Waals surface area contributed by atoms with Gasteiger partial charge in [0.25, 0.3) is 0 Å². The summed E-state index contributed by atoms with van der Waals surface area (Å²) in [6, 6.07) is 13.9. The molecule has 5 nitrogen and oxygen atoms in total. The predicted molar refractivity (Wildman–Crippen MR) is 85.4 cm³/mol. The van der Waals surface area contributed by atoms with E-state index in [1.54, 1.807) is 25.3 Å². The number of rotatable bonds is 5. The summed E-state index contributed by atoms with van der Waals surface area (Å²) in [4.78, 5) is 11.9. The third kappa shape index (κ3) is 4.35. The smallest absolute Gasteiger partial charge is 0.336 e. The van der Waals surface area contributed by atoms with Crippen molar-refractivity contribution in [3.8, 4) is 23.3 Å². The Kier molecular flexibility index (Phi) is 5.37. The fraction of sp³-hybridized carbons (Fsp3) is 0.111. The molecule has 0 N–H and O–H groups in total. The number of hydrogen-bond acceptors (Lipinski definition) is 5. The minimum atomic E-state index is -0.546. The molecule has 0 aliphatic heterocycles. The molecule has 0 heterocycles. The van der Waals surface area contributed by atoms with E-state index in [2.05, 4.69) is 0 Å². The molecule has 0 fully saturated rings. The third-order valence-corrected chi connectivity index (χ3v) is 3.01. The maximum Gasteiger partial charge on any atom is 0.336 e. The Balaban J connectivity index is 2.10. The summed E-state index contributed by atoms with van der Waals surface area (Å²) in [6.07, 6.45) is 2.94. The molecule has 5 heteroatoms. The van der Waals surface area contributed by atoms with E-state index in [9.17, 15) is 4.79 Å². The summed E-state index contributed by atoms with van der Waals surface area (Å²) in [6.45, 7) is 0. The monoisotopic (exact) mass is 309 g/mol. The Morgan fingerprint density at radius 2 is 1.91 bits per heavy atom. The summed E-state index contributed by atoms with van der Waals surface area (Å²) < 4.78 is 15.5. The zero-order valence-corrected chi connectivity index (χ0v) is 12.8. The average molecular weight is 309 g/mol. The van der Waals surface area contributed by atoms with Crippen molar-refractivity contribution in [3.63, 3.8) is 0 Å². The number of hydrogen-bond donors (Lipinski definition) is 0. The van der Waals surface area contributed by atoms with Gasteiger partial charge in [-0.2, -0.15) is 5.26 Å². The van der Waals surface area contributed by atoms with Crippen molar-refractivity contribution >= 4 is 12.0 Å². The molecule has 0 unspecified atom stereocenters. The van der Waals surface area contributed by atoms with Gasteiger partial charge in [0, 0.05) is 12.1 Å². The number of nitrogens with zero attached hydrogens (tertiary/aromatic N) is 1. The minimum absolute atomic E-state index is 0.256. The van der Waals surface area contributed by atoms with Crippen LogP contribution in [-0.2, 0) is 4.79 Å². The molecule has 2 aromatic carbocycles. The van der Waals surface area contributed by atoms with Gasteiger partial charge in [-0.15, -0.1) is 0 Å². The molecule has 0 saturated carbocycles. The fourth-order valence-corrected chi connectivity index (χ4v) is 1.87. The number of carbonyl (C=O) groups is 1. The molecule has 2 rings (SSSR count). The van der Waals surface area contributed by atoms with Gasteiger partial charge in [0.1, 0.15) is 5.75 Å². The number of esters is 1. The zero-order valence-electron chi connectivity index (χ0n) is 12.8. The van der Waals surface area contributed by atoms with Crippen molar-refractivity contribution in [2.45, 2.75) is 0 Å². The van der Waals surface area contributed by atoms with Gasteiger partial charge in [0.15, 0.2) is 11.5 Å². The molecule has 0 aliphatic carbocycles. The van der Waals surface area contributed by atoms with Crippen molar-refractivity contribution in [1.29, 1.82) is 5.26 Å². The van der Waals surface area contributed by atoms with Crippen LogP contribution < -0.4 is 14.2 Å². The Morgan fingerprint density at radius 3 is 2.61 bits per heavy atom. The highest BCUT2D eigenvalue weighted by atomic mass is 16.6. The average Bonchev–Trinajstić information content (AvgIpc) is 2.60. The second kappa shape index (κ2) is 7.66. The molecule has 2 aromatic rings. The van der Waals surface area contributed by atoms with E-state index in [1.807, 2.05) is 24.3 Å². The number of methoxy groups -OCH3 is 2. The van der Waals surface area contributed by atoms with Crippen LogP contribution in [0.5, 0.6) is 17.2 Å². The van der Waals surface area contributed by atoms with Crippen LogP contribution in [0.15, 0.2) is 48.5 Å². The topological polar surface area (TPSA) is 68.5 Å². The van der Waals surface area contributed by atoms with Gasteiger partial charge in [-0.1, -0.05) is 12.1 Å². The minimum Gasteiger partial charge on any atom is -0.497 e. The van der Waals surface area contributed by atoms with Crippen molar-refractivity contribution in [1.82, 2.24) is 0 Å². The quantitative estimate of drug-likeness (QED) is 0.482. The summed E-state index contributed by atoms with van der Waals surface area (Å²) in [5, 5.41) is 8.85. The molecule has 23 heavy (non-hydrogen) atoms. The lowest BCUT2D eigenvalue weighted by atomic mass is 10.2. The maximum atomic E-state index is 11.9. The van der Waals surface area contributed by atoms with Crippen LogP contribution in [-0.4, -0.2) is 20.2 Å². The van der Waals surface area contributed by atoms with Gasteiger partial charge in [-0.3, -0.25) is 0 Å². The van der Waals surface area contributed by atoms with Gasteiger partial charge >= 0.3 is 5.97 Å². The first-order valence-electron chi connectivity index (χ1n) is 6.78. The largest absolute Gasteiger partial charge is 0.497 e. The first-order chi connectivity index (χ1) is 11.2. The molecule has 0 amide bonds. The van der Waals surface area contributed by atoms with Gasteiger partial charge < -0.3 is 14.2 Å². The molecular formula is C18H15NO4. The lowest BCUT2D eigenvalue weighted by molar-refractivity contribution is -0.129. The summed E-state index contributed by atoms with van der Waals surface area (Å²) in [7, 11) is 3.02. The number of nitriles is 1. The van der Waals surface area contributed by atoms with Crippen molar-refractivity contribution in [2.24, 2.45) is 0 Å². The maximum absolute atomic E-state index is 11.9. The van der Waals surface area contributed by atoms with Crippen molar-refractivity contribution in [3.05, 3.63) is 59.7 Å². The van der Waals surface area contributed by atoms with E-state index in [0.29, 0.717) is 17.1 Å². The highest BCUT2D eigenvalue weighted by Crippen LogP contribution is 2.28. The Bertz CT molecular complexity index is 775. The molecule has 0 saturated heterocycles. The van der Waals surface area contributed by atoms with Crippen LogP contribution >= 0.6 is 0 Å². The first-order valence-corrected chi connectivity index (χ1v) is 6.78. The van der Waals surface area contributed by atoms with Crippen LogP contribution in [0.4, 0.5) is 0 Å². The Morgan fingerprint density at radius 1 is 1.09 bits per heavy atom. The number of benzene rings is 2. The van der Waals surface area contributed by atoms with E-state index < -0.39 is 5.97 Å². The normalized spacial score (nSPS) is 10.1. The van der Waals surface area contributed by atoms with E-state index in [0.717, 1.165) is 5.56 Å². The SMILES string of the molecule is COc1cccc(/C=C/C(=O)Oc2ccc(C#N)cc2OC)c1. The second-order valence-electron chi connectivity index (χ2n) is 4.51. The van der Waals surface area contributed by atoms with Crippen LogP contribution in [0.25, 0.3) is 6.08 Å². The standard InChI is InChI=1S/C18H15NO4/c1-21-15-5-3-4-13(10-15)7-9-18(20)23-16-8-6-14(12-19)11-17(16)22-2/h3-11H,1-2H3/b9-7+. The third-order valence-electron chi connectivity index (χ3n) is 3.01. The van der Waals surface area contributed by atoms with E-state index in [4.69, 9.17) is 19.5 Å². The lowest BCUT2D eigenvalue weighted by Crippen LogP contribution is -2.05. The summed E-state index contributed by atoms with van der Waals surface area (Å²) in [5.41, 5.74) is 1.24. The summed E-state index contributed by atoms with van der Waals surface area (Å²) in [5.74, 6) is 0.740. The van der Waals surface area contributed by atoms with E-state index in [1.165, 1.54) is 25.3 Å². The second-order valence-corrected chi connectivity index (χ2v) is 4.51. The molecule has 116 valence electrons. The first kappa shape index (κ1) is 16.1. The predicted octanol–water partition coefficient (Wildman–Crippen LogP) is 3.19. The Hall–Kier alpha value is -3.26. The molecular weight excluding hydrogens is 294 g/mol. The van der Waals surface area contributed by atoms with Crippen molar-refractivity contribution in [2.75, 3.05) is 14.2 Å². The van der Waals surface area contributed by atoms with Gasteiger partial charge in [-0.05, 0) is 35.9 Å². The Labute approximate surface area is 134 Å². The molecule has 0 spiro atoms. The van der Waals surface area contributed by atoms with E-state index >= 15 is 0 Å². The van der Waals surface area contributed by atoms with E-state index in [-0.39, 0.29) is 5.75 Å². The van der Waals surface area contributed by atoms with Crippen LogP contribution in [0, 0.1) is 11.3 Å². The highest BCUT2D eigenvalue weighted by Gasteiger charge is 2.09. The number of carbonyl (C=O) groups excluding carboxylic acids is 1. The highest BCUT2D eigenvalue weighted by molar-refractivity contribution is 5.89. The van der Waals surface area contributed by atoms with Crippen LogP contribution in [0.1, 0.15) is 11.1 Å². The van der Waals surface area contributed by atoms with Gasteiger partial charge in [0.2, 0.25) is 0 Å². The molecule has 0 atom stereocenters. The number of ether oxygens (including phenoxy) is 3.